The minimum Gasteiger partial charge on any atom is -0.454 e. The highest BCUT2D eigenvalue weighted by atomic mass is 16.7. The number of ether oxygens (including phenoxy) is 3. The number of hydrogen-bond acceptors (Lipinski definition) is 6. The van der Waals surface area contributed by atoms with Gasteiger partial charge in [0.25, 0.3) is 0 Å². The lowest BCUT2D eigenvalue weighted by molar-refractivity contribution is -0.0832. The molecule has 0 bridgehead atoms. The molecule has 0 radical (unpaired) electrons. The van der Waals surface area contributed by atoms with Gasteiger partial charge in [0.15, 0.2) is 11.5 Å². The summed E-state index contributed by atoms with van der Waals surface area (Å²) >= 11 is 0. The molecule has 0 aliphatic carbocycles. The van der Waals surface area contributed by atoms with Crippen LogP contribution in [0.4, 0.5) is 5.69 Å². The molecular formula is C20H29N3O3. The summed E-state index contributed by atoms with van der Waals surface area (Å²) in [6.07, 6.45) is 2.47. The lowest BCUT2D eigenvalue weighted by atomic mass is 9.99. The summed E-state index contributed by atoms with van der Waals surface area (Å²) in [6, 6.07) is 8.19. The molecule has 6 heteroatoms. The third-order valence-corrected chi connectivity index (χ3v) is 6.50. The number of morpholine rings is 1. The first-order chi connectivity index (χ1) is 12.8. The van der Waals surface area contributed by atoms with Gasteiger partial charge in [0.2, 0.25) is 6.79 Å². The minimum absolute atomic E-state index is 0.344. The van der Waals surface area contributed by atoms with Crippen molar-refractivity contribution < 1.29 is 14.2 Å². The first-order valence-electron chi connectivity index (χ1n) is 10.00. The van der Waals surface area contributed by atoms with E-state index in [9.17, 15) is 0 Å². The molecule has 5 rings (SSSR count). The van der Waals surface area contributed by atoms with E-state index in [1.807, 2.05) is 6.07 Å². The predicted octanol–water partition coefficient (Wildman–Crippen LogP) is 1.79. The maximum atomic E-state index is 5.80. The van der Waals surface area contributed by atoms with E-state index in [2.05, 4.69) is 33.8 Å². The topological polar surface area (TPSA) is 37.4 Å². The van der Waals surface area contributed by atoms with Gasteiger partial charge in [0, 0.05) is 62.6 Å². The Bertz CT molecular complexity index is 647. The van der Waals surface area contributed by atoms with Gasteiger partial charge in [-0.05, 0) is 31.9 Å². The molecule has 0 aromatic heterocycles. The number of rotatable bonds is 2. The molecule has 26 heavy (non-hydrogen) atoms. The molecule has 142 valence electrons. The van der Waals surface area contributed by atoms with Crippen LogP contribution in [0.15, 0.2) is 18.2 Å². The molecule has 2 atom stereocenters. The van der Waals surface area contributed by atoms with Gasteiger partial charge in [-0.1, -0.05) is 0 Å². The van der Waals surface area contributed by atoms with Crippen molar-refractivity contribution in [2.24, 2.45) is 0 Å². The highest BCUT2D eigenvalue weighted by Gasteiger charge is 2.36. The summed E-state index contributed by atoms with van der Waals surface area (Å²) in [7, 11) is 0. The van der Waals surface area contributed by atoms with Crippen LogP contribution in [-0.2, 0) is 4.74 Å². The number of nitrogens with zero attached hydrogens (tertiary/aromatic N) is 3. The van der Waals surface area contributed by atoms with Crippen molar-refractivity contribution in [1.82, 2.24) is 9.80 Å². The molecule has 0 amide bonds. The van der Waals surface area contributed by atoms with Gasteiger partial charge in [-0.25, -0.2) is 0 Å². The van der Waals surface area contributed by atoms with Crippen LogP contribution in [0.2, 0.25) is 0 Å². The van der Waals surface area contributed by atoms with E-state index in [1.165, 1.54) is 38.2 Å². The Labute approximate surface area is 155 Å². The highest BCUT2D eigenvalue weighted by molar-refractivity contribution is 5.57. The molecule has 0 N–H and O–H groups in total. The maximum Gasteiger partial charge on any atom is 0.231 e. The second-order valence-corrected chi connectivity index (χ2v) is 8.03. The first-order valence-corrected chi connectivity index (χ1v) is 10.00. The largest absolute Gasteiger partial charge is 0.454 e. The Hall–Kier alpha value is -1.50. The molecule has 4 heterocycles. The predicted molar refractivity (Wildman–Crippen MR) is 100 cm³/mol. The molecule has 1 aromatic carbocycles. The summed E-state index contributed by atoms with van der Waals surface area (Å²) in [5.41, 5.74) is 1.26. The van der Waals surface area contributed by atoms with Crippen molar-refractivity contribution in [2.75, 3.05) is 57.6 Å². The number of fused-ring (bicyclic) bond motifs is 2. The fourth-order valence-electron chi connectivity index (χ4n) is 5.00. The highest BCUT2D eigenvalue weighted by Crippen LogP contribution is 2.36. The Morgan fingerprint density at radius 2 is 1.77 bits per heavy atom. The second kappa shape index (κ2) is 6.91. The van der Waals surface area contributed by atoms with Crippen molar-refractivity contribution in [1.29, 1.82) is 0 Å². The molecule has 4 aliphatic rings. The molecule has 0 spiro atoms. The quantitative estimate of drug-likeness (QED) is 0.802. The summed E-state index contributed by atoms with van der Waals surface area (Å²) in [4.78, 5) is 7.86. The van der Waals surface area contributed by atoms with Crippen molar-refractivity contribution in [3.63, 3.8) is 0 Å². The van der Waals surface area contributed by atoms with Gasteiger partial charge in [0.1, 0.15) is 0 Å². The first kappa shape index (κ1) is 16.7. The van der Waals surface area contributed by atoms with Crippen LogP contribution in [-0.4, -0.2) is 80.7 Å². The number of hydrogen-bond donors (Lipinski definition) is 0. The Balaban J connectivity index is 1.18. The monoisotopic (exact) mass is 359 g/mol. The molecular weight excluding hydrogens is 330 g/mol. The van der Waals surface area contributed by atoms with Crippen LogP contribution < -0.4 is 14.4 Å². The standard InChI is InChI=1S/C20H29N3O3/c1-15-12-24-13-18-11-22(8-9-23(15)18)16-4-6-21(7-5-16)17-2-3-19-20(10-17)26-14-25-19/h2-3,10,15-16,18H,4-9,11-14H2,1H3/t15-,18+/m0/s1. The second-order valence-electron chi connectivity index (χ2n) is 8.03. The lowest BCUT2D eigenvalue weighted by Gasteiger charge is -2.50. The molecule has 4 aliphatic heterocycles. The average Bonchev–Trinajstić information content (AvgIpc) is 3.16. The summed E-state index contributed by atoms with van der Waals surface area (Å²) in [5, 5.41) is 0. The minimum atomic E-state index is 0.344. The SMILES string of the molecule is C[C@H]1COC[C@H]2CN(C3CCN(c4ccc5c(c4)OCO5)CC3)CCN21. The number of benzene rings is 1. The van der Waals surface area contributed by atoms with Gasteiger partial charge in [-0.15, -0.1) is 0 Å². The van der Waals surface area contributed by atoms with Gasteiger partial charge in [-0.2, -0.15) is 0 Å². The molecule has 3 saturated heterocycles. The fraction of sp³-hybridized carbons (Fsp3) is 0.700. The zero-order valence-electron chi connectivity index (χ0n) is 15.6. The van der Waals surface area contributed by atoms with Crippen molar-refractivity contribution in [2.45, 2.75) is 37.9 Å². The number of piperazine rings is 1. The van der Waals surface area contributed by atoms with Crippen LogP contribution >= 0.6 is 0 Å². The van der Waals surface area contributed by atoms with Crippen LogP contribution in [0, 0.1) is 0 Å². The normalized spacial score (nSPS) is 30.4. The van der Waals surface area contributed by atoms with Crippen LogP contribution in [0.25, 0.3) is 0 Å². The van der Waals surface area contributed by atoms with E-state index in [-0.39, 0.29) is 0 Å². The number of piperidine rings is 1. The van der Waals surface area contributed by atoms with E-state index in [0.717, 1.165) is 37.8 Å². The van der Waals surface area contributed by atoms with Gasteiger partial charge < -0.3 is 19.1 Å². The maximum absolute atomic E-state index is 5.80. The summed E-state index contributed by atoms with van der Waals surface area (Å²) < 4.78 is 16.8. The van der Waals surface area contributed by atoms with Gasteiger partial charge >= 0.3 is 0 Å². The third-order valence-electron chi connectivity index (χ3n) is 6.50. The Kier molecular flexibility index (Phi) is 4.43. The average molecular weight is 359 g/mol. The van der Waals surface area contributed by atoms with Crippen molar-refractivity contribution in [3.05, 3.63) is 18.2 Å². The van der Waals surface area contributed by atoms with Crippen LogP contribution in [0.3, 0.4) is 0 Å². The molecule has 6 nitrogen and oxygen atoms in total. The van der Waals surface area contributed by atoms with Gasteiger partial charge in [0.05, 0.1) is 13.2 Å². The smallest absolute Gasteiger partial charge is 0.231 e. The Morgan fingerprint density at radius 1 is 0.923 bits per heavy atom. The van der Waals surface area contributed by atoms with Crippen LogP contribution in [0.5, 0.6) is 11.5 Å². The van der Waals surface area contributed by atoms with E-state index in [1.54, 1.807) is 0 Å². The van der Waals surface area contributed by atoms with E-state index in [4.69, 9.17) is 14.2 Å². The zero-order valence-corrected chi connectivity index (χ0v) is 15.6. The van der Waals surface area contributed by atoms with Crippen molar-refractivity contribution >= 4 is 5.69 Å². The van der Waals surface area contributed by atoms with E-state index < -0.39 is 0 Å². The lowest BCUT2D eigenvalue weighted by Crippen LogP contribution is -2.63. The molecule has 3 fully saturated rings. The fourth-order valence-corrected chi connectivity index (χ4v) is 5.00. The van der Waals surface area contributed by atoms with Crippen LogP contribution in [0.1, 0.15) is 19.8 Å². The summed E-state index contributed by atoms with van der Waals surface area (Å²) in [5.74, 6) is 1.75. The van der Waals surface area contributed by atoms with Gasteiger partial charge in [-0.3, -0.25) is 9.80 Å². The van der Waals surface area contributed by atoms with E-state index >= 15 is 0 Å². The molecule has 0 saturated carbocycles. The third kappa shape index (κ3) is 3.04. The Morgan fingerprint density at radius 3 is 2.65 bits per heavy atom. The molecule has 0 unspecified atom stereocenters. The zero-order chi connectivity index (χ0) is 17.5. The molecule has 1 aromatic rings. The van der Waals surface area contributed by atoms with E-state index in [0.29, 0.717) is 24.9 Å². The number of anilines is 1. The summed E-state index contributed by atoms with van der Waals surface area (Å²) in [6.45, 7) is 10.2. The van der Waals surface area contributed by atoms with Crippen molar-refractivity contribution in [3.8, 4) is 11.5 Å².